The molecular formula is C5H4ClNO4S. The molecule has 0 bridgehead atoms. The van der Waals surface area contributed by atoms with Crippen molar-refractivity contribution in [2.45, 2.75) is 12.5 Å². The zero-order valence-corrected chi connectivity index (χ0v) is 7.28. The Hall–Kier alpha value is -0.880. The van der Waals surface area contributed by atoms with Crippen LogP contribution in [0.15, 0.2) is 0 Å². The fraction of sp³-hybridized carbons (Fsp3) is 0.400. The number of carbonyl (C=O) groups excluding carboxylic acids is 2. The van der Waals surface area contributed by atoms with Crippen molar-refractivity contribution < 1.29 is 18.0 Å². The Balaban J connectivity index is 3.12. The van der Waals surface area contributed by atoms with Crippen molar-refractivity contribution in [2.75, 3.05) is 0 Å². The maximum atomic E-state index is 10.7. The monoisotopic (exact) mass is 209 g/mol. The first-order valence-corrected chi connectivity index (χ1v) is 4.41. The van der Waals surface area contributed by atoms with Crippen molar-refractivity contribution >= 4 is 37.9 Å². The van der Waals surface area contributed by atoms with E-state index >= 15 is 0 Å². The van der Waals surface area contributed by atoms with E-state index in [-0.39, 0.29) is 11.3 Å². The van der Waals surface area contributed by atoms with E-state index in [2.05, 4.69) is 5.32 Å². The highest BCUT2D eigenvalue weighted by molar-refractivity contribution is 7.73. The second-order valence-electron chi connectivity index (χ2n) is 2.18. The highest BCUT2D eigenvalue weighted by Crippen LogP contribution is 2.06. The first kappa shape index (κ1) is 9.21. The van der Waals surface area contributed by atoms with Gasteiger partial charge in [0.25, 0.3) is 0 Å². The van der Waals surface area contributed by atoms with Gasteiger partial charge in [-0.15, -0.1) is 0 Å². The van der Waals surface area contributed by atoms with Gasteiger partial charge < -0.3 is 5.32 Å². The fourth-order valence-corrected chi connectivity index (χ4v) is 1.75. The second kappa shape index (κ2) is 3.24. The van der Waals surface area contributed by atoms with Crippen molar-refractivity contribution in [3.8, 4) is 0 Å². The summed E-state index contributed by atoms with van der Waals surface area (Å²) >= 11 is 5.04. The minimum atomic E-state index is -2.53. The Morgan fingerprint density at radius 1 is 1.58 bits per heavy atom. The Morgan fingerprint density at radius 3 is 2.50 bits per heavy atom. The number of hydrogen-bond donors (Lipinski definition) is 1. The summed E-state index contributed by atoms with van der Waals surface area (Å²) in [5.41, 5.74) is 0. The van der Waals surface area contributed by atoms with Gasteiger partial charge in [0.2, 0.25) is 21.4 Å². The number of halogens is 1. The Kier molecular flexibility index (Phi) is 2.49. The summed E-state index contributed by atoms with van der Waals surface area (Å²) in [6, 6.07) is -1.17. The minimum Gasteiger partial charge on any atom is -0.340 e. The van der Waals surface area contributed by atoms with E-state index in [1.54, 1.807) is 0 Å². The molecule has 1 aliphatic rings. The molecule has 1 saturated heterocycles. The molecule has 1 fully saturated rings. The standard InChI is InChI=1S/C5H4ClNO4S/c6-5(9)4-2(12(10)11)1-3(8)7-4/h4H,1H2,(H,7,8)/t4-/m0/s1. The van der Waals surface area contributed by atoms with Crippen LogP contribution in [0, 0.1) is 0 Å². The molecule has 0 radical (unpaired) electrons. The smallest absolute Gasteiger partial charge is 0.249 e. The van der Waals surface area contributed by atoms with Crippen LogP contribution in [0.2, 0.25) is 0 Å². The zero-order valence-electron chi connectivity index (χ0n) is 5.70. The van der Waals surface area contributed by atoms with E-state index in [0.717, 1.165) is 0 Å². The van der Waals surface area contributed by atoms with Gasteiger partial charge in [-0.2, -0.15) is 8.42 Å². The molecule has 0 aliphatic carbocycles. The number of rotatable bonds is 1. The minimum absolute atomic E-state index is 0.194. The number of amides is 1. The van der Waals surface area contributed by atoms with E-state index in [4.69, 9.17) is 11.6 Å². The third-order valence-corrected chi connectivity index (χ3v) is 2.43. The maximum Gasteiger partial charge on any atom is 0.249 e. The third kappa shape index (κ3) is 1.64. The molecule has 0 spiro atoms. The molecule has 1 rings (SSSR count). The highest BCUT2D eigenvalue weighted by atomic mass is 35.5. The summed E-state index contributed by atoms with van der Waals surface area (Å²) in [5.74, 6) is -0.506. The van der Waals surface area contributed by atoms with Crippen molar-refractivity contribution in [1.29, 1.82) is 0 Å². The lowest BCUT2D eigenvalue weighted by molar-refractivity contribution is -0.121. The SMILES string of the molecule is O=C1CC(=S(=O)=O)[C@@H](C(=O)Cl)N1. The predicted molar refractivity (Wildman–Crippen MR) is 41.3 cm³/mol. The number of carbonyl (C=O) groups is 2. The van der Waals surface area contributed by atoms with E-state index in [9.17, 15) is 18.0 Å². The maximum absolute atomic E-state index is 10.7. The van der Waals surface area contributed by atoms with Crippen LogP contribution < -0.4 is 5.32 Å². The van der Waals surface area contributed by atoms with E-state index in [1.807, 2.05) is 0 Å². The Labute approximate surface area is 74.2 Å². The van der Waals surface area contributed by atoms with Gasteiger partial charge in [0.05, 0.1) is 11.3 Å². The third-order valence-electron chi connectivity index (χ3n) is 1.40. The van der Waals surface area contributed by atoms with Crippen LogP contribution in [0.1, 0.15) is 6.42 Å². The highest BCUT2D eigenvalue weighted by Gasteiger charge is 2.33. The molecule has 0 saturated carbocycles. The summed E-state index contributed by atoms with van der Waals surface area (Å²) in [4.78, 5) is 21.0. The summed E-state index contributed by atoms with van der Waals surface area (Å²) in [6.07, 6.45) is -0.279. The molecule has 66 valence electrons. The molecular weight excluding hydrogens is 206 g/mol. The molecule has 1 aliphatic heterocycles. The van der Waals surface area contributed by atoms with Crippen molar-refractivity contribution in [3.05, 3.63) is 0 Å². The van der Waals surface area contributed by atoms with Crippen molar-refractivity contribution in [2.24, 2.45) is 0 Å². The van der Waals surface area contributed by atoms with Crippen LogP contribution >= 0.6 is 11.6 Å². The molecule has 0 unspecified atom stereocenters. The van der Waals surface area contributed by atoms with Crippen LogP contribution in [0.25, 0.3) is 0 Å². The van der Waals surface area contributed by atoms with Crippen LogP contribution in [-0.2, 0) is 19.9 Å². The van der Waals surface area contributed by atoms with Crippen molar-refractivity contribution in [3.63, 3.8) is 0 Å². The van der Waals surface area contributed by atoms with Gasteiger partial charge in [-0.05, 0) is 11.6 Å². The summed E-state index contributed by atoms with van der Waals surface area (Å²) in [7, 11) is -2.53. The topological polar surface area (TPSA) is 80.3 Å². The average molecular weight is 210 g/mol. The molecule has 1 atom stereocenters. The van der Waals surface area contributed by atoms with E-state index < -0.39 is 27.5 Å². The second-order valence-corrected chi connectivity index (χ2v) is 3.55. The molecule has 1 amide bonds. The van der Waals surface area contributed by atoms with Gasteiger partial charge in [-0.3, -0.25) is 9.59 Å². The first-order valence-electron chi connectivity index (χ1n) is 2.96. The quantitative estimate of drug-likeness (QED) is 0.430. The summed E-state index contributed by atoms with van der Waals surface area (Å²) in [6.45, 7) is 0. The van der Waals surface area contributed by atoms with Gasteiger partial charge in [0.15, 0.2) is 0 Å². The molecule has 7 heteroatoms. The van der Waals surface area contributed by atoms with Gasteiger partial charge in [0, 0.05) is 0 Å². The van der Waals surface area contributed by atoms with E-state index in [0.29, 0.717) is 0 Å². The first-order chi connectivity index (χ1) is 5.52. The van der Waals surface area contributed by atoms with E-state index in [1.165, 1.54) is 0 Å². The van der Waals surface area contributed by atoms with Gasteiger partial charge in [-0.1, -0.05) is 0 Å². The van der Waals surface area contributed by atoms with Crippen LogP contribution in [0.4, 0.5) is 0 Å². The van der Waals surface area contributed by atoms with Gasteiger partial charge in [0.1, 0.15) is 6.04 Å². The van der Waals surface area contributed by atoms with Crippen molar-refractivity contribution in [1.82, 2.24) is 5.32 Å². The summed E-state index contributed by atoms with van der Waals surface area (Å²) in [5, 5.41) is 1.25. The van der Waals surface area contributed by atoms with Gasteiger partial charge >= 0.3 is 0 Å². The lowest BCUT2D eigenvalue weighted by atomic mass is 10.2. The molecule has 1 N–H and O–H groups in total. The molecule has 0 aromatic rings. The van der Waals surface area contributed by atoms with Crippen LogP contribution in [-0.4, -0.2) is 30.5 Å². The Bertz CT molecular complexity index is 363. The summed E-state index contributed by atoms with van der Waals surface area (Å²) < 4.78 is 20.8. The predicted octanol–water partition coefficient (Wildman–Crippen LogP) is -1.31. The number of hydrogen-bond acceptors (Lipinski definition) is 4. The fourth-order valence-electron chi connectivity index (χ4n) is 0.891. The largest absolute Gasteiger partial charge is 0.340 e. The lowest BCUT2D eigenvalue weighted by Gasteiger charge is -2.00. The molecule has 0 aromatic carbocycles. The zero-order chi connectivity index (χ0) is 9.30. The molecule has 1 heterocycles. The number of nitrogens with one attached hydrogen (secondary N) is 1. The normalized spacial score (nSPS) is 22.2. The van der Waals surface area contributed by atoms with Gasteiger partial charge in [-0.25, -0.2) is 0 Å². The molecule has 5 nitrogen and oxygen atoms in total. The van der Waals surface area contributed by atoms with Crippen LogP contribution in [0.3, 0.4) is 0 Å². The lowest BCUT2D eigenvalue weighted by Crippen LogP contribution is -2.34. The average Bonchev–Trinajstić information content (AvgIpc) is 2.31. The van der Waals surface area contributed by atoms with Crippen LogP contribution in [0.5, 0.6) is 0 Å². The Morgan fingerprint density at radius 2 is 2.17 bits per heavy atom. The molecule has 12 heavy (non-hydrogen) atoms. The molecule has 0 aromatic heterocycles.